The van der Waals surface area contributed by atoms with E-state index in [-0.39, 0.29) is 11.5 Å². The van der Waals surface area contributed by atoms with E-state index in [0.29, 0.717) is 6.42 Å². The molecule has 0 spiro atoms. The van der Waals surface area contributed by atoms with Crippen molar-refractivity contribution in [2.45, 2.75) is 25.7 Å². The first-order valence-corrected chi connectivity index (χ1v) is 8.44. The largest absolute Gasteiger partial charge is 0.508 e. The number of rotatable bonds is 5. The fourth-order valence-electron chi connectivity index (χ4n) is 3.22. The Balaban J connectivity index is 2.06. The minimum Gasteiger partial charge on any atom is -0.508 e. The van der Waals surface area contributed by atoms with Gasteiger partial charge in [0.15, 0.2) is 5.78 Å². The van der Waals surface area contributed by atoms with Crippen molar-refractivity contribution in [1.82, 2.24) is 0 Å². The summed E-state index contributed by atoms with van der Waals surface area (Å²) in [5, 5.41) is 9.87. The van der Waals surface area contributed by atoms with Crippen molar-refractivity contribution in [2.24, 2.45) is 0 Å². The summed E-state index contributed by atoms with van der Waals surface area (Å²) >= 11 is 0. The summed E-state index contributed by atoms with van der Waals surface area (Å²) < 4.78 is 0. The van der Waals surface area contributed by atoms with Gasteiger partial charge in [-0.15, -0.1) is 0 Å². The Morgan fingerprint density at radius 2 is 1.48 bits per heavy atom. The second-order valence-electron chi connectivity index (χ2n) is 6.67. The lowest BCUT2D eigenvalue weighted by molar-refractivity contribution is 0.0962. The number of hydrogen-bond acceptors (Lipinski definition) is 2. The molecule has 0 amide bonds. The molecule has 1 unspecified atom stereocenters. The van der Waals surface area contributed by atoms with E-state index in [4.69, 9.17) is 0 Å². The number of aryl methyl sites for hydroxylation is 1. The lowest BCUT2D eigenvalue weighted by Gasteiger charge is -2.31. The first-order valence-electron chi connectivity index (χ1n) is 8.44. The van der Waals surface area contributed by atoms with Gasteiger partial charge in [-0.1, -0.05) is 79.7 Å². The van der Waals surface area contributed by atoms with Gasteiger partial charge in [0.05, 0.1) is 0 Å². The molecule has 3 rings (SSSR count). The molecule has 0 bridgehead atoms. The fourth-order valence-corrected chi connectivity index (χ4v) is 3.22. The van der Waals surface area contributed by atoms with Gasteiger partial charge in [0.1, 0.15) is 5.75 Å². The predicted molar refractivity (Wildman–Crippen MR) is 101 cm³/mol. The van der Waals surface area contributed by atoms with Crippen LogP contribution in [0.25, 0.3) is 0 Å². The Kier molecular flexibility index (Phi) is 4.71. The van der Waals surface area contributed by atoms with Gasteiger partial charge in [0.25, 0.3) is 0 Å². The number of carbonyl (C=O) groups is 1. The molecule has 0 aliphatic carbocycles. The normalized spacial score (nSPS) is 13.2. The third kappa shape index (κ3) is 3.48. The van der Waals surface area contributed by atoms with E-state index in [9.17, 15) is 9.90 Å². The number of Topliss-reactive ketones (excluding diaryl/α,β-unsaturated/α-hetero) is 1. The van der Waals surface area contributed by atoms with E-state index >= 15 is 0 Å². The summed E-state index contributed by atoms with van der Waals surface area (Å²) in [5.74, 6) is 0.381. The van der Waals surface area contributed by atoms with Gasteiger partial charge in [0, 0.05) is 17.4 Å². The molecule has 0 aliphatic heterocycles. The molecule has 2 nitrogen and oxygen atoms in total. The Morgan fingerprint density at radius 3 is 2.08 bits per heavy atom. The van der Waals surface area contributed by atoms with Crippen molar-refractivity contribution >= 4 is 5.78 Å². The third-order valence-corrected chi connectivity index (χ3v) is 4.85. The number of hydrogen-bond donors (Lipinski definition) is 1. The van der Waals surface area contributed by atoms with Crippen molar-refractivity contribution in [3.05, 3.63) is 101 Å². The van der Waals surface area contributed by atoms with Crippen LogP contribution in [0, 0.1) is 6.92 Å². The first-order chi connectivity index (χ1) is 12.0. The number of benzene rings is 3. The van der Waals surface area contributed by atoms with Crippen LogP contribution < -0.4 is 0 Å². The van der Waals surface area contributed by atoms with Gasteiger partial charge < -0.3 is 5.11 Å². The zero-order valence-corrected chi connectivity index (χ0v) is 14.6. The zero-order chi connectivity index (χ0) is 17.9. The number of phenolic OH excluding ortho intramolecular Hbond substituents is 1. The highest BCUT2D eigenvalue weighted by Gasteiger charge is 2.32. The molecule has 0 radical (unpaired) electrons. The number of ketones is 1. The number of phenols is 1. The van der Waals surface area contributed by atoms with E-state index in [1.807, 2.05) is 67.6 Å². The van der Waals surface area contributed by atoms with Crippen molar-refractivity contribution in [3.63, 3.8) is 0 Å². The molecule has 3 aromatic rings. The van der Waals surface area contributed by atoms with Crippen molar-refractivity contribution < 1.29 is 9.90 Å². The summed E-state index contributed by atoms with van der Waals surface area (Å²) in [6.07, 6.45) is 0.366. The number of aromatic hydroxyl groups is 1. The van der Waals surface area contributed by atoms with Crippen LogP contribution in [-0.2, 0) is 5.41 Å². The van der Waals surface area contributed by atoms with Crippen molar-refractivity contribution in [2.75, 3.05) is 0 Å². The summed E-state index contributed by atoms with van der Waals surface area (Å²) in [7, 11) is 0. The minimum atomic E-state index is -0.466. The van der Waals surface area contributed by atoms with Crippen LogP contribution >= 0.6 is 0 Å². The molecular weight excluding hydrogens is 308 g/mol. The Labute approximate surface area is 148 Å². The maximum absolute atomic E-state index is 12.9. The van der Waals surface area contributed by atoms with Crippen LogP contribution in [0.2, 0.25) is 0 Å². The predicted octanol–water partition coefficient (Wildman–Crippen LogP) is 5.28. The Hall–Kier alpha value is -2.87. The van der Waals surface area contributed by atoms with E-state index in [1.165, 1.54) is 0 Å². The third-order valence-electron chi connectivity index (χ3n) is 4.85. The highest BCUT2D eigenvalue weighted by atomic mass is 16.3. The van der Waals surface area contributed by atoms with Gasteiger partial charge in [0.2, 0.25) is 0 Å². The summed E-state index contributed by atoms with van der Waals surface area (Å²) in [5.41, 5.74) is 3.18. The maximum Gasteiger partial charge on any atom is 0.164 e. The smallest absolute Gasteiger partial charge is 0.164 e. The molecule has 1 N–H and O–H groups in total. The molecule has 2 heteroatoms. The van der Waals surface area contributed by atoms with E-state index in [0.717, 1.165) is 22.3 Å². The van der Waals surface area contributed by atoms with Crippen LogP contribution in [0.4, 0.5) is 0 Å². The molecule has 25 heavy (non-hydrogen) atoms. The Morgan fingerprint density at radius 1 is 0.880 bits per heavy atom. The second kappa shape index (κ2) is 6.94. The lowest BCUT2D eigenvalue weighted by Crippen LogP contribution is -2.27. The van der Waals surface area contributed by atoms with Gasteiger partial charge in [-0.3, -0.25) is 4.79 Å². The van der Waals surface area contributed by atoms with Gasteiger partial charge in [-0.2, -0.15) is 0 Å². The molecule has 1 atom stereocenters. The molecular formula is C23H22O2. The van der Waals surface area contributed by atoms with Gasteiger partial charge in [-0.05, 0) is 29.7 Å². The highest BCUT2D eigenvalue weighted by Crippen LogP contribution is 2.38. The Bertz CT molecular complexity index is 869. The summed E-state index contributed by atoms with van der Waals surface area (Å²) in [6.45, 7) is 3.97. The molecule has 0 aromatic heterocycles. The SMILES string of the molecule is Cc1cc(C(C)(CC(=O)c2ccccc2)c2ccccc2)ccc1O. The van der Waals surface area contributed by atoms with Crippen LogP contribution in [0.3, 0.4) is 0 Å². The molecule has 0 aliphatic rings. The van der Waals surface area contributed by atoms with Gasteiger partial charge >= 0.3 is 0 Å². The van der Waals surface area contributed by atoms with E-state index in [2.05, 4.69) is 19.1 Å². The quantitative estimate of drug-likeness (QED) is 0.646. The minimum absolute atomic E-state index is 0.109. The zero-order valence-electron chi connectivity index (χ0n) is 14.6. The first kappa shape index (κ1) is 17.0. The van der Waals surface area contributed by atoms with E-state index < -0.39 is 5.41 Å². The average molecular weight is 330 g/mol. The highest BCUT2D eigenvalue weighted by molar-refractivity contribution is 5.97. The monoisotopic (exact) mass is 330 g/mol. The molecule has 0 fully saturated rings. The van der Waals surface area contributed by atoms with Crippen molar-refractivity contribution in [3.8, 4) is 5.75 Å². The average Bonchev–Trinajstić information content (AvgIpc) is 2.65. The fraction of sp³-hybridized carbons (Fsp3) is 0.174. The van der Waals surface area contributed by atoms with Crippen LogP contribution in [-0.4, -0.2) is 10.9 Å². The number of carbonyl (C=O) groups excluding carboxylic acids is 1. The molecule has 0 saturated carbocycles. The lowest BCUT2D eigenvalue weighted by atomic mass is 9.72. The van der Waals surface area contributed by atoms with Crippen LogP contribution in [0.1, 0.15) is 40.4 Å². The van der Waals surface area contributed by atoms with Crippen molar-refractivity contribution in [1.29, 1.82) is 0 Å². The van der Waals surface area contributed by atoms with Crippen LogP contribution in [0.5, 0.6) is 5.75 Å². The molecule has 3 aromatic carbocycles. The molecule has 0 saturated heterocycles. The van der Waals surface area contributed by atoms with Gasteiger partial charge in [-0.25, -0.2) is 0 Å². The second-order valence-corrected chi connectivity index (χ2v) is 6.67. The standard InChI is InChI=1S/C23H22O2/c1-17-15-20(13-14-21(17)24)23(2,19-11-7-4-8-12-19)16-22(25)18-9-5-3-6-10-18/h3-15,24H,16H2,1-2H3. The molecule has 0 heterocycles. The van der Waals surface area contributed by atoms with E-state index in [1.54, 1.807) is 6.07 Å². The van der Waals surface area contributed by atoms with Crippen LogP contribution in [0.15, 0.2) is 78.9 Å². The summed E-state index contributed by atoms with van der Waals surface area (Å²) in [4.78, 5) is 12.9. The topological polar surface area (TPSA) is 37.3 Å². The maximum atomic E-state index is 12.9. The molecule has 126 valence electrons. The summed E-state index contributed by atoms with van der Waals surface area (Å²) in [6, 6.07) is 25.1.